The number of hydrogen-bond donors (Lipinski definition) is 3. The molecule has 98 valence electrons. The lowest BCUT2D eigenvalue weighted by Gasteiger charge is -2.36. The van der Waals surface area contributed by atoms with Crippen LogP contribution in [0.1, 0.15) is 12.8 Å². The van der Waals surface area contributed by atoms with Crippen molar-refractivity contribution in [1.82, 2.24) is 10.2 Å². The maximum Gasteiger partial charge on any atom is 0.0829 e. The van der Waals surface area contributed by atoms with E-state index < -0.39 is 0 Å². The van der Waals surface area contributed by atoms with Crippen LogP contribution in [0, 0.1) is 0 Å². The summed E-state index contributed by atoms with van der Waals surface area (Å²) in [5.74, 6) is 0. The molecule has 0 radical (unpaired) electrons. The van der Waals surface area contributed by atoms with Gasteiger partial charge in [0.2, 0.25) is 0 Å². The molecule has 0 saturated carbocycles. The van der Waals surface area contributed by atoms with E-state index in [4.69, 9.17) is 11.5 Å². The number of likely N-dealkylation sites (N-methyl/N-ethyl adjacent to an activating group) is 1. The summed E-state index contributed by atoms with van der Waals surface area (Å²) in [4.78, 5) is 2.02. The second-order valence-electron chi connectivity index (χ2n) is 4.75. The first-order chi connectivity index (χ1) is 8.70. The molecule has 3 unspecified atom stereocenters. The summed E-state index contributed by atoms with van der Waals surface area (Å²) >= 11 is 0. The highest BCUT2D eigenvalue weighted by Crippen LogP contribution is 2.17. The Hall–Kier alpha value is -1.36. The summed E-state index contributed by atoms with van der Waals surface area (Å²) in [6.45, 7) is 0. The third kappa shape index (κ3) is 2.90. The van der Waals surface area contributed by atoms with Crippen LogP contribution in [0.25, 0.3) is 0 Å². The monoisotopic (exact) mass is 246 g/mol. The molecule has 0 fully saturated rings. The minimum atomic E-state index is -0.145. The zero-order valence-electron chi connectivity index (χ0n) is 10.8. The molecular weight excluding hydrogens is 224 g/mol. The second kappa shape index (κ2) is 6.00. The zero-order valence-corrected chi connectivity index (χ0v) is 10.8. The fourth-order valence-electron chi connectivity index (χ4n) is 2.24. The summed E-state index contributed by atoms with van der Waals surface area (Å²) in [7, 11) is 1.97. The molecule has 0 aromatic rings. The number of nitrogens with one attached hydrogen (secondary N) is 1. The van der Waals surface area contributed by atoms with Gasteiger partial charge in [-0.2, -0.15) is 0 Å². The molecule has 5 N–H and O–H groups in total. The van der Waals surface area contributed by atoms with Crippen molar-refractivity contribution >= 4 is 0 Å². The van der Waals surface area contributed by atoms with Crippen LogP contribution >= 0.6 is 0 Å². The van der Waals surface area contributed by atoms with Crippen LogP contribution in [0.2, 0.25) is 0 Å². The van der Waals surface area contributed by atoms with Gasteiger partial charge in [0.25, 0.3) is 0 Å². The topological polar surface area (TPSA) is 67.3 Å². The summed E-state index contributed by atoms with van der Waals surface area (Å²) in [6.07, 6.45) is 16.1. The van der Waals surface area contributed by atoms with Gasteiger partial charge < -0.3 is 16.8 Å². The van der Waals surface area contributed by atoms with Crippen molar-refractivity contribution in [1.29, 1.82) is 0 Å². The Morgan fingerprint density at radius 1 is 1.33 bits per heavy atom. The Balaban J connectivity index is 1.99. The van der Waals surface area contributed by atoms with E-state index in [0.29, 0.717) is 0 Å². The van der Waals surface area contributed by atoms with Gasteiger partial charge in [0, 0.05) is 0 Å². The molecule has 2 rings (SSSR count). The minimum Gasteiger partial charge on any atom is -0.382 e. The highest BCUT2D eigenvalue weighted by Gasteiger charge is 2.25. The quantitative estimate of drug-likeness (QED) is 0.642. The molecule has 0 aromatic heterocycles. The molecule has 1 heterocycles. The Bertz CT molecular complexity index is 395. The van der Waals surface area contributed by atoms with Crippen molar-refractivity contribution < 1.29 is 0 Å². The van der Waals surface area contributed by atoms with Gasteiger partial charge in [0.05, 0.1) is 18.4 Å². The maximum atomic E-state index is 6.27. The Labute approximate surface area is 109 Å². The highest BCUT2D eigenvalue weighted by molar-refractivity contribution is 5.22. The highest BCUT2D eigenvalue weighted by atomic mass is 15.3. The van der Waals surface area contributed by atoms with Gasteiger partial charge in [-0.15, -0.1) is 0 Å². The van der Waals surface area contributed by atoms with Crippen molar-refractivity contribution in [2.75, 3.05) is 7.05 Å². The van der Waals surface area contributed by atoms with Crippen molar-refractivity contribution in [2.24, 2.45) is 11.5 Å². The molecular formula is C14H22N4. The fourth-order valence-corrected chi connectivity index (χ4v) is 2.24. The number of nitrogens with zero attached hydrogens (tertiary/aromatic N) is 1. The van der Waals surface area contributed by atoms with Crippen molar-refractivity contribution in [2.45, 2.75) is 31.2 Å². The van der Waals surface area contributed by atoms with Crippen molar-refractivity contribution in [3.05, 3.63) is 48.2 Å². The molecule has 1 aliphatic heterocycles. The van der Waals surface area contributed by atoms with Crippen LogP contribution in [-0.4, -0.2) is 30.3 Å². The first-order valence-electron chi connectivity index (χ1n) is 6.38. The maximum absolute atomic E-state index is 6.27. The zero-order chi connectivity index (χ0) is 13.0. The Morgan fingerprint density at radius 2 is 2.17 bits per heavy atom. The van der Waals surface area contributed by atoms with Crippen molar-refractivity contribution in [3.63, 3.8) is 0 Å². The van der Waals surface area contributed by atoms with Crippen LogP contribution in [0.4, 0.5) is 0 Å². The van der Waals surface area contributed by atoms with E-state index in [1.165, 1.54) is 5.57 Å². The van der Waals surface area contributed by atoms with Gasteiger partial charge in [0.1, 0.15) is 0 Å². The molecule has 2 aliphatic rings. The molecule has 4 nitrogen and oxygen atoms in total. The molecule has 3 atom stereocenters. The Morgan fingerprint density at radius 3 is 2.78 bits per heavy atom. The lowest BCUT2D eigenvalue weighted by molar-refractivity contribution is 0.178. The summed E-state index contributed by atoms with van der Waals surface area (Å²) in [6, 6.07) is 0.103. The van der Waals surface area contributed by atoms with E-state index in [-0.39, 0.29) is 18.4 Å². The van der Waals surface area contributed by atoms with E-state index >= 15 is 0 Å². The van der Waals surface area contributed by atoms with E-state index in [9.17, 15) is 0 Å². The molecule has 4 heteroatoms. The van der Waals surface area contributed by atoms with E-state index in [2.05, 4.69) is 29.6 Å². The largest absolute Gasteiger partial charge is 0.382 e. The van der Waals surface area contributed by atoms with Gasteiger partial charge in [-0.3, -0.25) is 4.90 Å². The lowest BCUT2D eigenvalue weighted by Crippen LogP contribution is -2.58. The molecule has 0 spiro atoms. The van der Waals surface area contributed by atoms with E-state index in [1.807, 2.05) is 30.3 Å². The normalized spacial score (nSPS) is 25.8. The predicted molar refractivity (Wildman–Crippen MR) is 75.4 cm³/mol. The second-order valence-corrected chi connectivity index (χ2v) is 4.75. The average Bonchev–Trinajstić information content (AvgIpc) is 2.47. The summed E-state index contributed by atoms with van der Waals surface area (Å²) in [5.41, 5.74) is 13.8. The molecule has 0 saturated heterocycles. The molecule has 18 heavy (non-hydrogen) atoms. The number of dihydropyridines is 1. The third-order valence-corrected chi connectivity index (χ3v) is 3.52. The number of nitrogens with two attached hydrogens (primary N) is 2. The summed E-state index contributed by atoms with van der Waals surface area (Å²) in [5, 5.41) is 3.23. The fraction of sp³-hybridized carbons (Fsp3) is 0.429. The smallest absolute Gasteiger partial charge is 0.0829 e. The van der Waals surface area contributed by atoms with Crippen LogP contribution < -0.4 is 16.8 Å². The third-order valence-electron chi connectivity index (χ3n) is 3.52. The van der Waals surface area contributed by atoms with Crippen LogP contribution in [-0.2, 0) is 0 Å². The van der Waals surface area contributed by atoms with E-state index in [1.54, 1.807) is 0 Å². The number of hydrogen-bond acceptors (Lipinski definition) is 4. The first-order valence-corrected chi connectivity index (χ1v) is 6.38. The number of rotatable bonds is 4. The minimum absolute atomic E-state index is 0.103. The molecule has 0 bridgehead atoms. The van der Waals surface area contributed by atoms with Crippen LogP contribution in [0.15, 0.2) is 48.2 Å². The van der Waals surface area contributed by atoms with Gasteiger partial charge in [-0.1, -0.05) is 30.4 Å². The SMILES string of the molecule is CN(C(N)C1=CC=CCC1)C(N)C1C=CC=CN1. The first kappa shape index (κ1) is 13.1. The molecule has 1 aliphatic carbocycles. The van der Waals surface area contributed by atoms with Crippen LogP contribution in [0.5, 0.6) is 0 Å². The van der Waals surface area contributed by atoms with Gasteiger partial charge in [0.15, 0.2) is 0 Å². The van der Waals surface area contributed by atoms with E-state index in [0.717, 1.165) is 12.8 Å². The number of allylic oxidation sites excluding steroid dienone is 5. The predicted octanol–water partition coefficient (Wildman–Crippen LogP) is 0.806. The van der Waals surface area contributed by atoms with Crippen LogP contribution in [0.3, 0.4) is 0 Å². The lowest BCUT2D eigenvalue weighted by atomic mass is 10.0. The average molecular weight is 246 g/mol. The molecule has 0 amide bonds. The van der Waals surface area contributed by atoms with Gasteiger partial charge >= 0.3 is 0 Å². The summed E-state index contributed by atoms with van der Waals surface area (Å²) < 4.78 is 0. The standard InChI is InChI=1S/C14H22N4/c1-18(13(15)11-7-3-2-4-8-11)14(16)12-9-5-6-10-17-12/h2-3,5-7,9-10,12-14,17H,4,8,15-16H2,1H3. The molecule has 0 aromatic carbocycles. The van der Waals surface area contributed by atoms with Gasteiger partial charge in [-0.25, -0.2) is 0 Å². The van der Waals surface area contributed by atoms with Crippen molar-refractivity contribution in [3.8, 4) is 0 Å². The Kier molecular flexibility index (Phi) is 4.36. The van der Waals surface area contributed by atoms with Gasteiger partial charge in [-0.05, 0) is 37.7 Å².